The Morgan fingerprint density at radius 1 is 1.12 bits per heavy atom. The highest BCUT2D eigenvalue weighted by molar-refractivity contribution is 6.00. The highest BCUT2D eigenvalue weighted by Gasteiger charge is 2.34. The molecule has 34 heavy (non-hydrogen) atoms. The first-order valence-corrected chi connectivity index (χ1v) is 10.9. The lowest BCUT2D eigenvalue weighted by Crippen LogP contribution is -2.54. The summed E-state index contributed by atoms with van der Waals surface area (Å²) in [5.74, 6) is -1.96. The molecule has 2 aromatic carbocycles. The van der Waals surface area contributed by atoms with Gasteiger partial charge in [0.1, 0.15) is 5.84 Å². The molecule has 2 aromatic rings. The second-order valence-corrected chi connectivity index (χ2v) is 8.04. The van der Waals surface area contributed by atoms with E-state index in [1.807, 2.05) is 30.3 Å². The number of carbonyl (C=O) groups excluding carboxylic acids is 2. The van der Waals surface area contributed by atoms with Gasteiger partial charge in [0.15, 0.2) is 0 Å². The number of rotatable bonds is 10. The molecule has 1 fully saturated rings. The van der Waals surface area contributed by atoms with Crippen molar-refractivity contribution in [1.29, 1.82) is 5.41 Å². The predicted molar refractivity (Wildman–Crippen MR) is 131 cm³/mol. The van der Waals surface area contributed by atoms with Gasteiger partial charge >= 0.3 is 5.97 Å². The number of hydrogen-bond donors (Lipinski definition) is 5. The molecule has 1 aliphatic rings. The number of nitrogens with zero attached hydrogens (tertiary/aromatic N) is 1. The maximum absolute atomic E-state index is 13.6. The Bertz CT molecular complexity index is 994. The molecule has 0 bridgehead atoms. The maximum Gasteiger partial charge on any atom is 0.317 e. The van der Waals surface area contributed by atoms with Crippen molar-refractivity contribution in [2.75, 3.05) is 13.1 Å². The number of halogens is 1. The van der Waals surface area contributed by atoms with Gasteiger partial charge in [0, 0.05) is 5.56 Å². The van der Waals surface area contributed by atoms with Crippen molar-refractivity contribution in [3.05, 3.63) is 71.3 Å². The molecular formula is C24H30ClN5O4. The van der Waals surface area contributed by atoms with Crippen LogP contribution >= 0.6 is 12.4 Å². The predicted octanol–water partition coefficient (Wildman–Crippen LogP) is 1.29. The van der Waals surface area contributed by atoms with E-state index in [1.54, 1.807) is 24.3 Å². The number of carboxylic acid groups (broad SMARTS) is 1. The molecule has 182 valence electrons. The fourth-order valence-electron chi connectivity index (χ4n) is 3.82. The molecule has 2 amide bonds. The number of imide groups is 1. The van der Waals surface area contributed by atoms with Gasteiger partial charge in [0.2, 0.25) is 11.8 Å². The molecule has 10 heteroatoms. The lowest BCUT2D eigenvalue weighted by molar-refractivity contribution is -0.148. The number of nitrogens with one attached hydrogen (secondary N) is 3. The summed E-state index contributed by atoms with van der Waals surface area (Å²) in [4.78, 5) is 39.3. The Labute approximate surface area is 204 Å². The van der Waals surface area contributed by atoms with Crippen LogP contribution in [0.2, 0.25) is 0 Å². The van der Waals surface area contributed by atoms with Gasteiger partial charge in [-0.3, -0.25) is 30.0 Å². The van der Waals surface area contributed by atoms with Gasteiger partial charge in [-0.15, -0.1) is 12.4 Å². The average Bonchev–Trinajstić information content (AvgIpc) is 3.35. The van der Waals surface area contributed by atoms with Gasteiger partial charge in [-0.2, -0.15) is 0 Å². The second kappa shape index (κ2) is 12.8. The fourth-order valence-corrected chi connectivity index (χ4v) is 3.82. The van der Waals surface area contributed by atoms with Crippen LogP contribution in [-0.4, -0.2) is 58.8 Å². The van der Waals surface area contributed by atoms with Crippen LogP contribution in [0.3, 0.4) is 0 Å². The molecule has 0 unspecified atom stereocenters. The Hall–Kier alpha value is -3.27. The molecule has 0 saturated carbocycles. The number of hydrogen-bond acceptors (Lipinski definition) is 6. The van der Waals surface area contributed by atoms with E-state index >= 15 is 0 Å². The highest BCUT2D eigenvalue weighted by atomic mass is 35.5. The van der Waals surface area contributed by atoms with E-state index in [0.29, 0.717) is 24.1 Å². The Kier molecular flexibility index (Phi) is 10.2. The number of amides is 2. The normalized spacial score (nSPS) is 15.7. The van der Waals surface area contributed by atoms with E-state index in [9.17, 15) is 14.4 Å². The summed E-state index contributed by atoms with van der Waals surface area (Å²) in [6, 6.07) is 14.7. The van der Waals surface area contributed by atoms with Crippen molar-refractivity contribution in [3.63, 3.8) is 0 Å². The van der Waals surface area contributed by atoms with Crippen molar-refractivity contribution in [2.45, 2.75) is 37.9 Å². The summed E-state index contributed by atoms with van der Waals surface area (Å²) in [6.45, 7) is 0.338. The summed E-state index contributed by atoms with van der Waals surface area (Å²) in [5, 5.41) is 22.6. The van der Waals surface area contributed by atoms with E-state index in [4.69, 9.17) is 16.2 Å². The molecule has 0 aromatic heterocycles. The summed E-state index contributed by atoms with van der Waals surface area (Å²) in [5.41, 5.74) is 7.62. The standard InChI is InChI=1S/C24H29N5O4.ClH/c25-22(26)18-10-8-17(9-11-18)15-29(23(32)19-7-4-12-27-19)24(33)20(28-14-21(30)31)13-16-5-2-1-3-6-16;/h1-3,5-6,8-11,19-20,27-28H,4,7,12-15H2,(H3,25,26)(H,30,31);1H/t19-,20+;/m0./s1. The zero-order chi connectivity index (χ0) is 23.8. The molecule has 0 aliphatic carbocycles. The number of carboxylic acids is 1. The smallest absolute Gasteiger partial charge is 0.317 e. The number of carbonyl (C=O) groups is 3. The monoisotopic (exact) mass is 487 g/mol. The molecule has 3 rings (SSSR count). The molecule has 9 nitrogen and oxygen atoms in total. The van der Waals surface area contributed by atoms with Gasteiger partial charge in [-0.25, -0.2) is 0 Å². The van der Waals surface area contributed by atoms with Gasteiger partial charge in [0.25, 0.3) is 0 Å². The van der Waals surface area contributed by atoms with Crippen LogP contribution in [0.5, 0.6) is 0 Å². The largest absolute Gasteiger partial charge is 0.480 e. The Balaban J connectivity index is 0.00000408. The average molecular weight is 488 g/mol. The number of amidine groups is 1. The van der Waals surface area contributed by atoms with Crippen LogP contribution in [0.1, 0.15) is 29.5 Å². The summed E-state index contributed by atoms with van der Waals surface area (Å²) in [7, 11) is 0. The first-order chi connectivity index (χ1) is 15.8. The van der Waals surface area contributed by atoms with E-state index in [2.05, 4.69) is 10.6 Å². The van der Waals surface area contributed by atoms with E-state index < -0.39 is 30.5 Å². The summed E-state index contributed by atoms with van der Waals surface area (Å²) >= 11 is 0. The van der Waals surface area contributed by atoms with Gasteiger partial charge in [0.05, 0.1) is 25.2 Å². The number of benzene rings is 2. The topological polar surface area (TPSA) is 149 Å². The minimum absolute atomic E-state index is 0. The van der Waals surface area contributed by atoms with E-state index in [0.717, 1.165) is 12.0 Å². The van der Waals surface area contributed by atoms with Crippen molar-refractivity contribution >= 4 is 36.0 Å². The minimum Gasteiger partial charge on any atom is -0.480 e. The quantitative estimate of drug-likeness (QED) is 0.250. The van der Waals surface area contributed by atoms with Gasteiger partial charge in [-0.05, 0) is 36.9 Å². The lowest BCUT2D eigenvalue weighted by atomic mass is 10.0. The second-order valence-electron chi connectivity index (χ2n) is 8.04. The molecule has 6 N–H and O–H groups in total. The van der Waals surface area contributed by atoms with Crippen LogP contribution in [-0.2, 0) is 27.3 Å². The van der Waals surface area contributed by atoms with Crippen molar-refractivity contribution in [1.82, 2.24) is 15.5 Å². The zero-order valence-corrected chi connectivity index (χ0v) is 19.5. The van der Waals surface area contributed by atoms with Crippen LogP contribution in [0.25, 0.3) is 0 Å². The summed E-state index contributed by atoms with van der Waals surface area (Å²) < 4.78 is 0. The van der Waals surface area contributed by atoms with Gasteiger partial charge in [-0.1, -0.05) is 54.6 Å². The van der Waals surface area contributed by atoms with Crippen molar-refractivity contribution in [2.24, 2.45) is 5.73 Å². The first-order valence-electron chi connectivity index (χ1n) is 10.9. The van der Waals surface area contributed by atoms with Crippen LogP contribution < -0.4 is 16.4 Å². The minimum atomic E-state index is -1.09. The molecule has 2 atom stereocenters. The lowest BCUT2D eigenvalue weighted by Gasteiger charge is -2.28. The molecule has 0 radical (unpaired) electrons. The number of aliphatic carboxylic acids is 1. The fraction of sp³-hybridized carbons (Fsp3) is 0.333. The highest BCUT2D eigenvalue weighted by Crippen LogP contribution is 2.16. The van der Waals surface area contributed by atoms with E-state index in [-0.39, 0.29) is 37.1 Å². The summed E-state index contributed by atoms with van der Waals surface area (Å²) in [6.07, 6.45) is 1.73. The van der Waals surface area contributed by atoms with Gasteiger partial charge < -0.3 is 16.2 Å². The maximum atomic E-state index is 13.6. The molecule has 1 aliphatic heterocycles. The van der Waals surface area contributed by atoms with Crippen molar-refractivity contribution in [3.8, 4) is 0 Å². The van der Waals surface area contributed by atoms with Crippen LogP contribution in [0, 0.1) is 5.41 Å². The molecule has 1 saturated heterocycles. The third-order valence-corrected chi connectivity index (χ3v) is 5.58. The zero-order valence-electron chi connectivity index (χ0n) is 18.7. The number of nitrogen functional groups attached to an aromatic ring is 1. The molecule has 0 spiro atoms. The van der Waals surface area contributed by atoms with Crippen molar-refractivity contribution < 1.29 is 19.5 Å². The Morgan fingerprint density at radius 3 is 2.35 bits per heavy atom. The van der Waals surface area contributed by atoms with Crippen LogP contribution in [0.4, 0.5) is 0 Å². The molecule has 1 heterocycles. The SMILES string of the molecule is Cl.N=C(N)c1ccc(CN(C(=O)[C@@H]2CCCN2)C(=O)[C@@H](Cc2ccccc2)NCC(=O)O)cc1. The molecular weight excluding hydrogens is 458 g/mol. The third-order valence-electron chi connectivity index (χ3n) is 5.58. The number of nitrogens with two attached hydrogens (primary N) is 1. The van der Waals surface area contributed by atoms with E-state index in [1.165, 1.54) is 4.90 Å². The first kappa shape index (κ1) is 27.0. The van der Waals surface area contributed by atoms with Crippen LogP contribution in [0.15, 0.2) is 54.6 Å². The Morgan fingerprint density at radius 2 is 1.79 bits per heavy atom. The third kappa shape index (κ3) is 7.38.